The fourth-order valence-electron chi connectivity index (χ4n) is 3.01. The van der Waals surface area contributed by atoms with E-state index in [-0.39, 0.29) is 12.2 Å². The van der Waals surface area contributed by atoms with E-state index in [2.05, 4.69) is 46.8 Å². The summed E-state index contributed by atoms with van der Waals surface area (Å²) in [5.74, 6) is 0.909. The molecule has 5 heteroatoms. The number of hydrogen-bond acceptors (Lipinski definition) is 5. The van der Waals surface area contributed by atoms with Crippen LogP contribution in [0.25, 0.3) is 0 Å². The third kappa shape index (κ3) is 2.42. The maximum absolute atomic E-state index is 5.87. The second-order valence-electron chi connectivity index (χ2n) is 5.66. The van der Waals surface area contributed by atoms with E-state index in [1.165, 1.54) is 0 Å². The summed E-state index contributed by atoms with van der Waals surface area (Å²) in [5, 5.41) is 6.88. The van der Waals surface area contributed by atoms with Crippen molar-refractivity contribution in [3.05, 3.63) is 47.7 Å². The number of pyridine rings is 1. The second-order valence-corrected chi connectivity index (χ2v) is 5.66. The van der Waals surface area contributed by atoms with E-state index in [0.717, 1.165) is 34.9 Å². The minimum absolute atomic E-state index is 0.00963. The van der Waals surface area contributed by atoms with Gasteiger partial charge in [0.2, 0.25) is 0 Å². The first-order chi connectivity index (χ1) is 10.8. The monoisotopic (exact) mass is 297 g/mol. The maximum Gasteiger partial charge on any atom is 0.135 e. The van der Waals surface area contributed by atoms with Crippen LogP contribution in [0.2, 0.25) is 0 Å². The van der Waals surface area contributed by atoms with Crippen molar-refractivity contribution in [2.24, 2.45) is 0 Å². The molecule has 4 rings (SSSR count). The van der Waals surface area contributed by atoms with Crippen molar-refractivity contribution in [1.29, 1.82) is 0 Å². The summed E-state index contributed by atoms with van der Waals surface area (Å²) >= 11 is 0. The Labute approximate surface area is 129 Å². The predicted molar refractivity (Wildman–Crippen MR) is 85.4 cm³/mol. The quantitative estimate of drug-likeness (QED) is 0.846. The molecule has 2 atom stereocenters. The minimum atomic E-state index is -0.00963. The first-order valence-electron chi connectivity index (χ1n) is 7.63. The minimum Gasteiger partial charge on any atom is -0.379 e. The second kappa shape index (κ2) is 5.59. The summed E-state index contributed by atoms with van der Waals surface area (Å²) in [7, 11) is 0. The summed E-state index contributed by atoms with van der Waals surface area (Å²) in [5.41, 5.74) is 4.40. The fraction of sp³-hybridized carbons (Fsp3) is 0.353. The van der Waals surface area contributed by atoms with Gasteiger partial charge in [0.1, 0.15) is 11.9 Å². The van der Waals surface area contributed by atoms with E-state index in [1.807, 2.05) is 6.07 Å². The smallest absolute Gasteiger partial charge is 0.135 e. The van der Waals surface area contributed by atoms with Crippen LogP contribution >= 0.6 is 0 Å². The number of benzene rings is 1. The summed E-state index contributed by atoms with van der Waals surface area (Å²) in [6.45, 7) is 4.13. The SMILES string of the molecule is C[C@@H]1OCCO[C@H]1c1ccc2c(c1)NCc1cccnc1N2. The van der Waals surface area contributed by atoms with E-state index >= 15 is 0 Å². The van der Waals surface area contributed by atoms with Gasteiger partial charge in [-0.2, -0.15) is 0 Å². The molecule has 1 aromatic heterocycles. The number of rotatable bonds is 1. The van der Waals surface area contributed by atoms with Crippen LogP contribution in [-0.4, -0.2) is 24.3 Å². The molecule has 0 saturated carbocycles. The highest BCUT2D eigenvalue weighted by molar-refractivity contribution is 5.77. The molecule has 22 heavy (non-hydrogen) atoms. The van der Waals surface area contributed by atoms with Gasteiger partial charge in [-0.15, -0.1) is 0 Å². The van der Waals surface area contributed by atoms with Crippen LogP contribution in [0, 0.1) is 0 Å². The zero-order chi connectivity index (χ0) is 14.9. The molecule has 3 heterocycles. The highest BCUT2D eigenvalue weighted by Gasteiger charge is 2.25. The topological polar surface area (TPSA) is 55.4 Å². The van der Waals surface area contributed by atoms with Crippen LogP contribution in [0.1, 0.15) is 24.2 Å². The number of hydrogen-bond donors (Lipinski definition) is 2. The summed E-state index contributed by atoms with van der Waals surface area (Å²) < 4.78 is 11.6. The maximum atomic E-state index is 5.87. The van der Waals surface area contributed by atoms with E-state index < -0.39 is 0 Å². The van der Waals surface area contributed by atoms with Crippen molar-refractivity contribution < 1.29 is 9.47 Å². The van der Waals surface area contributed by atoms with E-state index in [0.29, 0.717) is 13.2 Å². The Kier molecular flexibility index (Phi) is 3.44. The molecule has 0 unspecified atom stereocenters. The Balaban J connectivity index is 1.65. The van der Waals surface area contributed by atoms with Gasteiger partial charge in [-0.05, 0) is 30.7 Å². The van der Waals surface area contributed by atoms with E-state index in [9.17, 15) is 0 Å². The summed E-state index contributed by atoms with van der Waals surface area (Å²) in [4.78, 5) is 4.41. The number of aromatic nitrogens is 1. The molecule has 5 nitrogen and oxygen atoms in total. The number of fused-ring (bicyclic) bond motifs is 2. The number of nitrogens with zero attached hydrogens (tertiary/aromatic N) is 1. The van der Waals surface area contributed by atoms with Crippen LogP contribution in [0.15, 0.2) is 36.5 Å². The lowest BCUT2D eigenvalue weighted by Crippen LogP contribution is -2.29. The lowest BCUT2D eigenvalue weighted by Gasteiger charge is -2.30. The van der Waals surface area contributed by atoms with E-state index in [1.54, 1.807) is 6.20 Å². The molecule has 0 aliphatic carbocycles. The van der Waals surface area contributed by atoms with Gasteiger partial charge < -0.3 is 20.1 Å². The van der Waals surface area contributed by atoms with Gasteiger partial charge >= 0.3 is 0 Å². The molecule has 0 radical (unpaired) electrons. The highest BCUT2D eigenvalue weighted by atomic mass is 16.6. The van der Waals surface area contributed by atoms with Gasteiger partial charge in [0.15, 0.2) is 0 Å². The molecule has 0 amide bonds. The van der Waals surface area contributed by atoms with Crippen molar-refractivity contribution in [3.8, 4) is 0 Å². The molecule has 114 valence electrons. The molecule has 2 aliphatic rings. The van der Waals surface area contributed by atoms with Gasteiger partial charge in [0, 0.05) is 18.3 Å². The Morgan fingerprint density at radius 3 is 2.95 bits per heavy atom. The van der Waals surface area contributed by atoms with Gasteiger partial charge in [-0.3, -0.25) is 0 Å². The molecule has 1 fully saturated rings. The van der Waals surface area contributed by atoms with Gasteiger partial charge in [0.05, 0.1) is 30.7 Å². The molecular formula is C17H19N3O2. The van der Waals surface area contributed by atoms with Crippen LogP contribution < -0.4 is 10.6 Å². The van der Waals surface area contributed by atoms with Crippen molar-refractivity contribution in [2.75, 3.05) is 23.8 Å². The van der Waals surface area contributed by atoms with Gasteiger partial charge in [-0.25, -0.2) is 4.98 Å². The molecule has 1 saturated heterocycles. The third-order valence-electron chi connectivity index (χ3n) is 4.17. The molecular weight excluding hydrogens is 278 g/mol. The molecule has 2 N–H and O–H groups in total. The first kappa shape index (κ1) is 13.5. The zero-order valence-electron chi connectivity index (χ0n) is 12.5. The number of anilines is 3. The van der Waals surface area contributed by atoms with Crippen molar-refractivity contribution >= 4 is 17.2 Å². The Morgan fingerprint density at radius 2 is 2.05 bits per heavy atom. The van der Waals surface area contributed by atoms with Crippen LogP contribution in [-0.2, 0) is 16.0 Å². The number of nitrogens with one attached hydrogen (secondary N) is 2. The molecule has 2 aromatic rings. The van der Waals surface area contributed by atoms with Crippen molar-refractivity contribution in [1.82, 2.24) is 4.98 Å². The third-order valence-corrected chi connectivity index (χ3v) is 4.17. The summed E-state index contributed by atoms with van der Waals surface area (Å²) in [6, 6.07) is 10.3. The predicted octanol–water partition coefficient (Wildman–Crippen LogP) is 3.23. The van der Waals surface area contributed by atoms with Gasteiger partial charge in [-0.1, -0.05) is 12.1 Å². The lowest BCUT2D eigenvalue weighted by atomic mass is 10.0. The van der Waals surface area contributed by atoms with Crippen LogP contribution in [0.5, 0.6) is 0 Å². The van der Waals surface area contributed by atoms with Crippen molar-refractivity contribution in [3.63, 3.8) is 0 Å². The largest absolute Gasteiger partial charge is 0.379 e. The molecule has 0 spiro atoms. The average molecular weight is 297 g/mol. The average Bonchev–Trinajstić information content (AvgIpc) is 2.74. The molecule has 1 aromatic carbocycles. The standard InChI is InChI=1S/C17H19N3O2/c1-11-16(22-8-7-21-11)12-4-5-14-15(9-12)19-10-13-3-2-6-18-17(13)20-14/h2-6,9,11,16,19H,7-8,10H2,1H3,(H,18,20)/t11-,16+/m0/s1. The van der Waals surface area contributed by atoms with Crippen molar-refractivity contribution in [2.45, 2.75) is 25.7 Å². The fourth-order valence-corrected chi connectivity index (χ4v) is 3.01. The Hall–Kier alpha value is -2.11. The van der Waals surface area contributed by atoms with E-state index in [4.69, 9.17) is 9.47 Å². The van der Waals surface area contributed by atoms with Crippen LogP contribution in [0.3, 0.4) is 0 Å². The highest BCUT2D eigenvalue weighted by Crippen LogP contribution is 2.35. The normalized spacial score (nSPS) is 23.5. The zero-order valence-corrected chi connectivity index (χ0v) is 12.5. The Bertz CT molecular complexity index is 689. The Morgan fingerprint density at radius 1 is 1.14 bits per heavy atom. The molecule has 0 bridgehead atoms. The molecule has 2 aliphatic heterocycles. The van der Waals surface area contributed by atoms with Crippen LogP contribution in [0.4, 0.5) is 17.2 Å². The van der Waals surface area contributed by atoms with Gasteiger partial charge in [0.25, 0.3) is 0 Å². The lowest BCUT2D eigenvalue weighted by molar-refractivity contribution is -0.134. The summed E-state index contributed by atoms with van der Waals surface area (Å²) in [6.07, 6.45) is 1.87. The number of ether oxygens (including phenoxy) is 2. The first-order valence-corrected chi connectivity index (χ1v) is 7.63.